The highest BCUT2D eigenvalue weighted by Gasteiger charge is 2.21. The number of carboxylic acids is 1. The van der Waals surface area contributed by atoms with E-state index < -0.39 is 15.8 Å². The maximum atomic E-state index is 12.2. The average molecular weight is 291 g/mol. The van der Waals surface area contributed by atoms with Crippen molar-refractivity contribution >= 4 is 15.8 Å². The van der Waals surface area contributed by atoms with E-state index in [2.05, 4.69) is 4.98 Å². The fourth-order valence-electron chi connectivity index (χ4n) is 1.82. The van der Waals surface area contributed by atoms with Crippen LogP contribution in [0.15, 0.2) is 53.7 Å². The van der Waals surface area contributed by atoms with Gasteiger partial charge in [-0.15, -0.1) is 0 Å². The van der Waals surface area contributed by atoms with E-state index in [0.29, 0.717) is 6.42 Å². The topological polar surface area (TPSA) is 84.3 Å². The summed E-state index contributed by atoms with van der Waals surface area (Å²) in [5, 5.41) is 9.04. The van der Waals surface area contributed by atoms with Gasteiger partial charge in [0.05, 0.1) is 16.2 Å². The Bertz CT molecular complexity index is 711. The van der Waals surface area contributed by atoms with Crippen LogP contribution in [0.1, 0.15) is 15.9 Å². The van der Waals surface area contributed by atoms with E-state index in [0.717, 1.165) is 5.56 Å². The van der Waals surface area contributed by atoms with Gasteiger partial charge in [-0.3, -0.25) is 4.98 Å². The zero-order valence-corrected chi connectivity index (χ0v) is 11.4. The number of carbonyl (C=O) groups is 1. The lowest BCUT2D eigenvalue weighted by atomic mass is 10.2. The number of carboxylic acid groups (broad SMARTS) is 1. The molecule has 0 unspecified atom stereocenters. The normalized spacial score (nSPS) is 11.2. The van der Waals surface area contributed by atoms with Crippen LogP contribution in [0.5, 0.6) is 0 Å². The third-order valence-electron chi connectivity index (χ3n) is 2.83. The molecule has 0 aliphatic rings. The Morgan fingerprint density at radius 1 is 1.15 bits per heavy atom. The minimum Gasteiger partial charge on any atom is -0.478 e. The molecule has 1 N–H and O–H groups in total. The second-order valence-corrected chi connectivity index (χ2v) is 6.31. The van der Waals surface area contributed by atoms with Gasteiger partial charge in [-0.25, -0.2) is 13.2 Å². The summed E-state index contributed by atoms with van der Waals surface area (Å²) in [6, 6.07) is 9.15. The number of hydrogen-bond acceptors (Lipinski definition) is 4. The molecular weight excluding hydrogens is 278 g/mol. The maximum absolute atomic E-state index is 12.2. The highest BCUT2D eigenvalue weighted by molar-refractivity contribution is 7.91. The van der Waals surface area contributed by atoms with Crippen LogP contribution in [0.4, 0.5) is 0 Å². The summed E-state index contributed by atoms with van der Waals surface area (Å²) in [5.41, 5.74) is 0.600. The molecule has 0 aliphatic carbocycles. The molecule has 0 radical (unpaired) electrons. The molecule has 2 rings (SSSR count). The summed E-state index contributed by atoms with van der Waals surface area (Å²) in [6.45, 7) is 0. The first kappa shape index (κ1) is 14.2. The zero-order valence-electron chi connectivity index (χ0n) is 10.6. The first-order chi connectivity index (χ1) is 9.50. The number of benzene rings is 1. The Morgan fingerprint density at radius 2 is 1.90 bits per heavy atom. The van der Waals surface area contributed by atoms with Crippen molar-refractivity contribution in [3.63, 3.8) is 0 Å². The molecule has 0 atom stereocenters. The lowest BCUT2D eigenvalue weighted by Crippen LogP contribution is -2.14. The lowest BCUT2D eigenvalue weighted by Gasteiger charge is -2.07. The molecule has 0 aliphatic heterocycles. The lowest BCUT2D eigenvalue weighted by molar-refractivity contribution is 0.0692. The summed E-state index contributed by atoms with van der Waals surface area (Å²) in [5.74, 6) is -1.39. The van der Waals surface area contributed by atoms with Gasteiger partial charge in [-0.1, -0.05) is 18.2 Å². The third-order valence-corrected chi connectivity index (χ3v) is 4.60. The summed E-state index contributed by atoms with van der Waals surface area (Å²) in [6.07, 6.45) is 3.50. The van der Waals surface area contributed by atoms with Gasteiger partial charge in [0.2, 0.25) is 0 Å². The van der Waals surface area contributed by atoms with E-state index in [1.165, 1.54) is 24.3 Å². The Hall–Kier alpha value is -2.21. The average Bonchev–Trinajstić information content (AvgIpc) is 2.46. The number of aryl methyl sites for hydroxylation is 1. The highest BCUT2D eigenvalue weighted by atomic mass is 32.2. The van der Waals surface area contributed by atoms with Crippen molar-refractivity contribution in [1.82, 2.24) is 4.98 Å². The van der Waals surface area contributed by atoms with Crippen LogP contribution in [-0.4, -0.2) is 30.2 Å². The van der Waals surface area contributed by atoms with Crippen molar-refractivity contribution in [2.75, 3.05) is 5.75 Å². The van der Waals surface area contributed by atoms with Gasteiger partial charge in [0.1, 0.15) is 0 Å². The monoisotopic (exact) mass is 291 g/mol. The van der Waals surface area contributed by atoms with Crippen molar-refractivity contribution in [2.45, 2.75) is 11.3 Å². The van der Waals surface area contributed by atoms with Gasteiger partial charge < -0.3 is 5.11 Å². The number of aromatic carboxylic acids is 1. The minimum atomic E-state index is -3.64. The van der Waals surface area contributed by atoms with Gasteiger partial charge in [-0.2, -0.15) is 0 Å². The van der Waals surface area contributed by atoms with E-state index in [1.807, 2.05) is 0 Å². The number of hydrogen-bond donors (Lipinski definition) is 1. The van der Waals surface area contributed by atoms with E-state index in [9.17, 15) is 13.2 Å². The predicted octanol–water partition coefficient (Wildman–Crippen LogP) is 1.80. The zero-order chi connectivity index (χ0) is 14.6. The largest absolute Gasteiger partial charge is 0.478 e. The molecule has 0 bridgehead atoms. The molecular formula is C14H13NO4S. The molecule has 0 amide bonds. The van der Waals surface area contributed by atoms with Crippen molar-refractivity contribution in [1.29, 1.82) is 0 Å². The molecule has 0 fully saturated rings. The van der Waals surface area contributed by atoms with Crippen LogP contribution in [-0.2, 0) is 16.3 Å². The van der Waals surface area contributed by atoms with Crippen LogP contribution < -0.4 is 0 Å². The molecule has 2 aromatic rings. The van der Waals surface area contributed by atoms with Gasteiger partial charge in [0.25, 0.3) is 0 Å². The Labute approximate surface area is 116 Å². The predicted molar refractivity (Wildman–Crippen MR) is 73.4 cm³/mol. The third kappa shape index (κ3) is 3.21. The van der Waals surface area contributed by atoms with Crippen molar-refractivity contribution in [3.05, 3.63) is 59.9 Å². The number of aromatic nitrogens is 1. The Morgan fingerprint density at radius 3 is 2.55 bits per heavy atom. The summed E-state index contributed by atoms with van der Waals surface area (Å²) in [4.78, 5) is 14.8. The summed E-state index contributed by atoms with van der Waals surface area (Å²) in [7, 11) is -3.64. The molecule has 0 saturated carbocycles. The maximum Gasteiger partial charge on any atom is 0.337 e. The molecule has 104 valence electrons. The molecule has 1 aromatic carbocycles. The molecule has 5 nitrogen and oxygen atoms in total. The summed E-state index contributed by atoms with van der Waals surface area (Å²) >= 11 is 0. The molecule has 6 heteroatoms. The van der Waals surface area contributed by atoms with Gasteiger partial charge in [-0.05, 0) is 30.2 Å². The standard InChI is InChI=1S/C14H13NO4S/c16-14(17)12-5-1-2-6-13(12)20(18,19)9-7-11-4-3-8-15-10-11/h1-6,8,10H,7,9H2,(H,16,17). The van der Waals surface area contributed by atoms with Gasteiger partial charge in [0, 0.05) is 12.4 Å². The van der Waals surface area contributed by atoms with E-state index in [4.69, 9.17) is 5.11 Å². The number of rotatable bonds is 5. The van der Waals surface area contributed by atoms with Crippen molar-refractivity contribution in [3.8, 4) is 0 Å². The molecule has 1 heterocycles. The smallest absolute Gasteiger partial charge is 0.337 e. The van der Waals surface area contributed by atoms with Crippen LogP contribution in [0, 0.1) is 0 Å². The van der Waals surface area contributed by atoms with Gasteiger partial charge in [0.15, 0.2) is 9.84 Å². The quantitative estimate of drug-likeness (QED) is 0.908. The van der Waals surface area contributed by atoms with Crippen molar-refractivity contribution in [2.24, 2.45) is 0 Å². The molecule has 1 aromatic heterocycles. The number of nitrogens with zero attached hydrogens (tertiary/aromatic N) is 1. The van der Waals surface area contributed by atoms with E-state index in [-0.39, 0.29) is 16.2 Å². The minimum absolute atomic E-state index is 0.142. The van der Waals surface area contributed by atoms with Gasteiger partial charge >= 0.3 is 5.97 Å². The van der Waals surface area contributed by atoms with Crippen LogP contribution in [0.25, 0.3) is 0 Å². The second-order valence-electron chi connectivity index (χ2n) is 4.23. The number of sulfone groups is 1. The van der Waals surface area contributed by atoms with Crippen LogP contribution in [0.3, 0.4) is 0 Å². The Balaban J connectivity index is 2.25. The number of pyridine rings is 1. The summed E-state index contributed by atoms with van der Waals surface area (Å²) < 4.78 is 24.5. The first-order valence-electron chi connectivity index (χ1n) is 5.95. The highest BCUT2D eigenvalue weighted by Crippen LogP contribution is 2.18. The molecule has 0 spiro atoms. The fourth-order valence-corrected chi connectivity index (χ4v) is 3.32. The second kappa shape index (κ2) is 5.83. The molecule has 20 heavy (non-hydrogen) atoms. The molecule has 0 saturated heterocycles. The van der Waals surface area contributed by atoms with E-state index >= 15 is 0 Å². The SMILES string of the molecule is O=C(O)c1ccccc1S(=O)(=O)CCc1cccnc1. The Kier molecular flexibility index (Phi) is 4.14. The van der Waals surface area contributed by atoms with Crippen LogP contribution >= 0.6 is 0 Å². The van der Waals surface area contributed by atoms with Crippen molar-refractivity contribution < 1.29 is 18.3 Å². The fraction of sp³-hybridized carbons (Fsp3) is 0.143. The van der Waals surface area contributed by atoms with E-state index in [1.54, 1.807) is 24.5 Å². The first-order valence-corrected chi connectivity index (χ1v) is 7.60. The van der Waals surface area contributed by atoms with Crippen LogP contribution in [0.2, 0.25) is 0 Å².